The fourth-order valence-corrected chi connectivity index (χ4v) is 3.32. The predicted molar refractivity (Wildman–Crippen MR) is 79.2 cm³/mol. The summed E-state index contributed by atoms with van der Waals surface area (Å²) in [6.45, 7) is 0.328. The smallest absolute Gasteiger partial charge is 0.231 e. The largest absolute Gasteiger partial charge is 0.454 e. The molecular weight excluding hydrogens is 276 g/mol. The first kappa shape index (κ1) is 13.8. The minimum Gasteiger partial charge on any atom is -0.454 e. The number of fused-ring (bicyclic) bond motifs is 1. The van der Waals surface area contributed by atoms with E-state index in [1.165, 1.54) is 32.1 Å². The zero-order valence-corrected chi connectivity index (χ0v) is 12.2. The van der Waals surface area contributed by atoms with Crippen LogP contribution < -0.4 is 9.47 Å². The minimum absolute atomic E-state index is 0.108. The van der Waals surface area contributed by atoms with Gasteiger partial charge < -0.3 is 14.6 Å². The number of hydrogen-bond donors (Lipinski definition) is 1. The van der Waals surface area contributed by atoms with Crippen molar-refractivity contribution < 1.29 is 14.6 Å². The van der Waals surface area contributed by atoms with Crippen LogP contribution in [0, 0.1) is 5.92 Å². The lowest BCUT2D eigenvalue weighted by Crippen LogP contribution is -2.11. The first-order valence-electron chi connectivity index (χ1n) is 7.18. The number of ether oxygens (including phenoxy) is 2. The third-order valence-corrected chi connectivity index (χ3v) is 4.39. The lowest BCUT2D eigenvalue weighted by Gasteiger charge is -2.23. The molecule has 1 N–H and O–H groups in total. The number of aliphatic hydroxyl groups is 1. The Morgan fingerprint density at radius 1 is 1.25 bits per heavy atom. The normalized spacial score (nSPS) is 19.4. The highest BCUT2D eigenvalue weighted by atomic mass is 35.5. The Morgan fingerprint density at radius 2 is 2.05 bits per heavy atom. The van der Waals surface area contributed by atoms with Crippen LogP contribution in [-0.2, 0) is 0 Å². The highest BCUT2D eigenvalue weighted by Crippen LogP contribution is 2.40. The predicted octanol–water partition coefficient (Wildman–Crippen LogP) is 4.02. The van der Waals surface area contributed by atoms with Crippen LogP contribution in [0.1, 0.15) is 37.7 Å². The minimum atomic E-state index is 0.108. The van der Waals surface area contributed by atoms with Gasteiger partial charge in [0, 0.05) is 0 Å². The van der Waals surface area contributed by atoms with E-state index >= 15 is 0 Å². The Bertz CT molecular complexity index is 519. The lowest BCUT2D eigenvalue weighted by atomic mass is 9.83. The van der Waals surface area contributed by atoms with Gasteiger partial charge in [-0.05, 0) is 42.0 Å². The molecule has 0 radical (unpaired) electrons. The molecule has 1 aromatic carbocycles. The molecule has 0 unspecified atom stereocenters. The van der Waals surface area contributed by atoms with Crippen LogP contribution in [0.2, 0.25) is 5.02 Å². The van der Waals surface area contributed by atoms with Gasteiger partial charge >= 0.3 is 0 Å². The summed E-state index contributed by atoms with van der Waals surface area (Å²) in [6.07, 6.45) is 8.21. The summed E-state index contributed by atoms with van der Waals surface area (Å²) in [7, 11) is 0. The molecule has 0 bridgehead atoms. The fourth-order valence-electron chi connectivity index (χ4n) is 3.05. The maximum Gasteiger partial charge on any atom is 0.231 e. The van der Waals surface area contributed by atoms with Gasteiger partial charge in [-0.2, -0.15) is 0 Å². The first-order chi connectivity index (χ1) is 9.78. The SMILES string of the molecule is OC/C(=C/c1cc(Cl)c2c(c1)OCO2)C1CCCCC1. The van der Waals surface area contributed by atoms with Gasteiger partial charge in [0.2, 0.25) is 6.79 Å². The molecule has 4 heteroatoms. The summed E-state index contributed by atoms with van der Waals surface area (Å²) in [5.74, 6) is 1.80. The Hall–Kier alpha value is -1.19. The van der Waals surface area contributed by atoms with Crippen molar-refractivity contribution in [1.82, 2.24) is 0 Å². The molecule has 1 aliphatic heterocycles. The monoisotopic (exact) mass is 294 g/mol. The molecule has 0 spiro atoms. The molecule has 0 saturated heterocycles. The maximum absolute atomic E-state index is 9.65. The average molecular weight is 295 g/mol. The highest BCUT2D eigenvalue weighted by Gasteiger charge is 2.20. The van der Waals surface area contributed by atoms with Crippen LogP contribution >= 0.6 is 11.6 Å². The van der Waals surface area contributed by atoms with Gasteiger partial charge in [0.15, 0.2) is 11.5 Å². The summed E-state index contributed by atoms with van der Waals surface area (Å²) in [5.41, 5.74) is 2.06. The summed E-state index contributed by atoms with van der Waals surface area (Å²) in [4.78, 5) is 0. The second kappa shape index (κ2) is 6.06. The molecule has 1 fully saturated rings. The molecule has 2 aliphatic rings. The van der Waals surface area contributed by atoms with Crippen LogP contribution in [-0.4, -0.2) is 18.5 Å². The van der Waals surface area contributed by atoms with E-state index in [2.05, 4.69) is 0 Å². The van der Waals surface area contributed by atoms with E-state index in [9.17, 15) is 5.11 Å². The van der Waals surface area contributed by atoms with E-state index < -0.39 is 0 Å². The maximum atomic E-state index is 9.65. The topological polar surface area (TPSA) is 38.7 Å². The first-order valence-corrected chi connectivity index (χ1v) is 7.56. The van der Waals surface area contributed by atoms with Crippen LogP contribution in [0.3, 0.4) is 0 Å². The average Bonchev–Trinajstić information content (AvgIpc) is 2.94. The van der Waals surface area contributed by atoms with Crippen LogP contribution in [0.25, 0.3) is 6.08 Å². The number of benzene rings is 1. The molecule has 0 amide bonds. The highest BCUT2D eigenvalue weighted by molar-refractivity contribution is 6.32. The van der Waals surface area contributed by atoms with E-state index in [-0.39, 0.29) is 13.4 Å². The van der Waals surface area contributed by atoms with Gasteiger partial charge in [0.25, 0.3) is 0 Å². The van der Waals surface area contributed by atoms with Gasteiger partial charge in [-0.15, -0.1) is 0 Å². The number of hydrogen-bond acceptors (Lipinski definition) is 3. The quantitative estimate of drug-likeness (QED) is 0.915. The molecule has 0 atom stereocenters. The molecule has 108 valence electrons. The Morgan fingerprint density at radius 3 is 2.80 bits per heavy atom. The molecule has 3 rings (SSSR count). The lowest BCUT2D eigenvalue weighted by molar-refractivity contribution is 0.174. The van der Waals surface area contributed by atoms with Gasteiger partial charge in [0.05, 0.1) is 11.6 Å². The molecule has 3 nitrogen and oxygen atoms in total. The molecule has 1 aliphatic carbocycles. The van der Waals surface area contributed by atoms with Crippen molar-refractivity contribution in [3.63, 3.8) is 0 Å². The van der Waals surface area contributed by atoms with Gasteiger partial charge in [0.1, 0.15) is 0 Å². The third-order valence-electron chi connectivity index (χ3n) is 4.11. The van der Waals surface area contributed by atoms with Crippen molar-refractivity contribution in [2.75, 3.05) is 13.4 Å². The molecule has 1 aromatic rings. The number of aliphatic hydroxyl groups excluding tert-OH is 1. The molecule has 0 aromatic heterocycles. The van der Waals surface area contributed by atoms with Crippen molar-refractivity contribution in [2.24, 2.45) is 5.92 Å². The van der Waals surface area contributed by atoms with Gasteiger partial charge in [-0.3, -0.25) is 0 Å². The summed E-state index contributed by atoms with van der Waals surface area (Å²) in [5, 5.41) is 10.2. The second-order valence-electron chi connectivity index (χ2n) is 5.45. The molecule has 1 heterocycles. The van der Waals surface area contributed by atoms with E-state index in [1.54, 1.807) is 0 Å². The number of rotatable bonds is 3. The van der Waals surface area contributed by atoms with Gasteiger partial charge in [-0.25, -0.2) is 0 Å². The van der Waals surface area contributed by atoms with Crippen molar-refractivity contribution in [3.8, 4) is 11.5 Å². The Kier molecular flexibility index (Phi) is 4.18. The molecule has 1 saturated carbocycles. The van der Waals surface area contributed by atoms with Crippen molar-refractivity contribution in [2.45, 2.75) is 32.1 Å². The van der Waals surface area contributed by atoms with Crippen molar-refractivity contribution >= 4 is 17.7 Å². The standard InChI is InChI=1S/C16H19ClO3/c17-14-7-11(8-15-16(14)20-10-19-15)6-13(9-18)12-4-2-1-3-5-12/h6-8,12,18H,1-5,9-10H2/b13-6-. The molecule has 20 heavy (non-hydrogen) atoms. The second-order valence-corrected chi connectivity index (χ2v) is 5.86. The summed E-state index contributed by atoms with van der Waals surface area (Å²) >= 11 is 6.19. The van der Waals surface area contributed by atoms with E-state index in [0.717, 1.165) is 11.1 Å². The van der Waals surface area contributed by atoms with E-state index in [1.807, 2.05) is 18.2 Å². The van der Waals surface area contributed by atoms with Crippen molar-refractivity contribution in [3.05, 3.63) is 28.3 Å². The van der Waals surface area contributed by atoms with Gasteiger partial charge in [-0.1, -0.05) is 36.9 Å². The Labute approximate surface area is 124 Å². The number of halogens is 1. The summed E-state index contributed by atoms with van der Waals surface area (Å²) < 4.78 is 10.7. The van der Waals surface area contributed by atoms with Crippen LogP contribution in [0.15, 0.2) is 17.7 Å². The van der Waals surface area contributed by atoms with Crippen molar-refractivity contribution in [1.29, 1.82) is 0 Å². The van der Waals surface area contributed by atoms with E-state index in [4.69, 9.17) is 21.1 Å². The zero-order valence-electron chi connectivity index (χ0n) is 11.4. The fraction of sp³-hybridized carbons (Fsp3) is 0.500. The molecular formula is C16H19ClO3. The van der Waals surface area contributed by atoms with Crippen LogP contribution in [0.5, 0.6) is 11.5 Å². The summed E-state index contributed by atoms with van der Waals surface area (Å²) in [6, 6.07) is 3.79. The Balaban J connectivity index is 1.87. The third kappa shape index (κ3) is 2.79. The van der Waals surface area contributed by atoms with Crippen LogP contribution in [0.4, 0.5) is 0 Å². The zero-order chi connectivity index (χ0) is 13.9. The van der Waals surface area contributed by atoms with E-state index in [0.29, 0.717) is 22.4 Å².